The number of aliphatic imine (C=N–C) groups is 1. The molecule has 3 rings (SSSR count). The number of nitrogens with zero attached hydrogens (tertiary/aromatic N) is 2. The van der Waals surface area contributed by atoms with Crippen LogP contribution in [0.2, 0.25) is 0 Å². The fourth-order valence-electron chi connectivity index (χ4n) is 3.09. The van der Waals surface area contributed by atoms with Crippen LogP contribution in [0.4, 0.5) is 10.1 Å². The van der Waals surface area contributed by atoms with Crippen LogP contribution in [0.1, 0.15) is 24.5 Å². The Balaban J connectivity index is 1.53. The van der Waals surface area contributed by atoms with Crippen LogP contribution in [-0.4, -0.2) is 38.1 Å². The van der Waals surface area contributed by atoms with E-state index in [0.29, 0.717) is 31.2 Å². The van der Waals surface area contributed by atoms with Gasteiger partial charge in [-0.3, -0.25) is 4.79 Å². The zero-order chi connectivity index (χ0) is 20.6. The highest BCUT2D eigenvalue weighted by Crippen LogP contribution is 2.31. The molecule has 0 saturated carbocycles. The fraction of sp³-hybridized carbons (Fsp3) is 0.364. The summed E-state index contributed by atoms with van der Waals surface area (Å²) in [7, 11) is 0. The van der Waals surface area contributed by atoms with Gasteiger partial charge in [0.1, 0.15) is 11.6 Å². The Bertz CT molecular complexity index is 885. The van der Waals surface area contributed by atoms with E-state index in [9.17, 15) is 9.18 Å². The van der Waals surface area contributed by atoms with Crippen LogP contribution >= 0.6 is 0 Å². The van der Waals surface area contributed by atoms with E-state index in [4.69, 9.17) is 4.74 Å². The molecule has 0 bridgehead atoms. The van der Waals surface area contributed by atoms with Crippen LogP contribution in [0.3, 0.4) is 0 Å². The Morgan fingerprint density at radius 2 is 2.07 bits per heavy atom. The zero-order valence-corrected chi connectivity index (χ0v) is 16.9. The van der Waals surface area contributed by atoms with E-state index in [1.165, 1.54) is 6.07 Å². The molecule has 0 atom stereocenters. The summed E-state index contributed by atoms with van der Waals surface area (Å²) in [5.74, 6) is 1.15. The molecule has 0 radical (unpaired) electrons. The summed E-state index contributed by atoms with van der Waals surface area (Å²) in [5.41, 5.74) is 2.26. The van der Waals surface area contributed by atoms with Crippen molar-refractivity contribution in [2.45, 2.75) is 26.8 Å². The number of halogens is 1. The van der Waals surface area contributed by atoms with Gasteiger partial charge < -0.3 is 20.3 Å². The molecule has 29 heavy (non-hydrogen) atoms. The third-order valence-electron chi connectivity index (χ3n) is 4.66. The second kappa shape index (κ2) is 9.91. The molecule has 1 aliphatic rings. The Morgan fingerprint density at radius 3 is 2.86 bits per heavy atom. The highest BCUT2D eigenvalue weighted by atomic mass is 19.1. The smallest absolute Gasteiger partial charge is 0.265 e. The van der Waals surface area contributed by atoms with Crippen LogP contribution in [0, 0.1) is 12.7 Å². The Morgan fingerprint density at radius 1 is 1.24 bits per heavy atom. The zero-order valence-electron chi connectivity index (χ0n) is 16.9. The molecule has 1 amide bonds. The molecular formula is C22H27FN4O2. The largest absolute Gasteiger partial charge is 0.482 e. The molecule has 1 heterocycles. The third kappa shape index (κ3) is 5.47. The van der Waals surface area contributed by atoms with Gasteiger partial charge in [-0.15, -0.1) is 0 Å². The molecule has 0 spiro atoms. The molecule has 0 aromatic heterocycles. The van der Waals surface area contributed by atoms with Crippen LogP contribution in [0.25, 0.3) is 0 Å². The van der Waals surface area contributed by atoms with E-state index in [-0.39, 0.29) is 18.3 Å². The first kappa shape index (κ1) is 20.6. The van der Waals surface area contributed by atoms with Crippen molar-refractivity contribution in [1.82, 2.24) is 10.6 Å². The van der Waals surface area contributed by atoms with Crippen molar-refractivity contribution in [3.05, 3.63) is 59.4 Å². The lowest BCUT2D eigenvalue weighted by atomic mass is 10.1. The number of hydrogen-bond acceptors (Lipinski definition) is 3. The van der Waals surface area contributed by atoms with Crippen molar-refractivity contribution in [2.75, 3.05) is 31.1 Å². The molecule has 0 fully saturated rings. The lowest BCUT2D eigenvalue weighted by Crippen LogP contribution is -2.42. The Kier molecular flexibility index (Phi) is 7.05. The number of rotatable bonds is 7. The van der Waals surface area contributed by atoms with E-state index in [2.05, 4.69) is 15.6 Å². The maximum absolute atomic E-state index is 13.7. The number of carbonyl (C=O) groups is 1. The summed E-state index contributed by atoms with van der Waals surface area (Å²) in [5, 5.41) is 6.46. The Hall–Kier alpha value is -3.09. The number of benzene rings is 2. The van der Waals surface area contributed by atoms with Gasteiger partial charge in [0.25, 0.3) is 5.91 Å². The lowest BCUT2D eigenvalue weighted by molar-refractivity contribution is -0.121. The molecular weight excluding hydrogens is 371 g/mol. The molecule has 2 aromatic carbocycles. The maximum Gasteiger partial charge on any atom is 0.265 e. The number of amides is 1. The molecule has 0 unspecified atom stereocenters. The first-order valence-electron chi connectivity index (χ1n) is 9.88. The maximum atomic E-state index is 13.7. The van der Waals surface area contributed by atoms with Crippen molar-refractivity contribution < 1.29 is 13.9 Å². The summed E-state index contributed by atoms with van der Waals surface area (Å²) in [6.45, 7) is 6.17. The Labute approximate surface area is 170 Å². The fourth-order valence-corrected chi connectivity index (χ4v) is 3.09. The van der Waals surface area contributed by atoms with Crippen LogP contribution in [0.15, 0.2) is 47.5 Å². The quantitative estimate of drug-likeness (QED) is 0.428. The summed E-state index contributed by atoms with van der Waals surface area (Å²) in [6, 6.07) is 12.7. The summed E-state index contributed by atoms with van der Waals surface area (Å²) < 4.78 is 19.2. The topological polar surface area (TPSA) is 66.0 Å². The van der Waals surface area contributed by atoms with E-state index in [1.807, 2.05) is 37.3 Å². The van der Waals surface area contributed by atoms with Gasteiger partial charge in [-0.05, 0) is 49.6 Å². The predicted octanol–water partition coefficient (Wildman–Crippen LogP) is 3.00. The molecule has 7 heteroatoms. The van der Waals surface area contributed by atoms with Crippen molar-refractivity contribution >= 4 is 17.6 Å². The van der Waals surface area contributed by atoms with Gasteiger partial charge in [0.15, 0.2) is 12.6 Å². The molecule has 0 saturated heterocycles. The monoisotopic (exact) mass is 398 g/mol. The average molecular weight is 398 g/mol. The summed E-state index contributed by atoms with van der Waals surface area (Å²) >= 11 is 0. The number of guanidine groups is 1. The molecule has 2 aromatic rings. The van der Waals surface area contributed by atoms with E-state index < -0.39 is 0 Å². The van der Waals surface area contributed by atoms with Gasteiger partial charge in [-0.2, -0.15) is 0 Å². The molecule has 1 aliphatic heterocycles. The number of anilines is 1. The number of carbonyl (C=O) groups excluding carboxylic acids is 1. The van der Waals surface area contributed by atoms with Crippen molar-refractivity contribution in [3.8, 4) is 5.75 Å². The van der Waals surface area contributed by atoms with Crippen LogP contribution in [0.5, 0.6) is 5.75 Å². The molecule has 154 valence electrons. The molecule has 2 N–H and O–H groups in total. The van der Waals surface area contributed by atoms with Gasteiger partial charge in [0.05, 0.1) is 12.2 Å². The number of para-hydroxylation sites is 2. The standard InChI is InChI=1S/C22H27FN4O2/c1-3-24-22(26-14-17-10-9-16(2)18(23)13-17)25-11-6-12-27-19-7-4-5-8-20(19)29-15-21(27)28/h4-5,7-10,13H,3,6,11-12,14-15H2,1-2H3,(H2,24,25,26). The summed E-state index contributed by atoms with van der Waals surface area (Å²) in [4.78, 5) is 18.5. The highest BCUT2D eigenvalue weighted by molar-refractivity contribution is 5.97. The number of ether oxygens (including phenoxy) is 1. The molecule has 0 aliphatic carbocycles. The number of nitrogens with one attached hydrogen (secondary N) is 2. The highest BCUT2D eigenvalue weighted by Gasteiger charge is 2.24. The normalized spacial score (nSPS) is 13.7. The van der Waals surface area contributed by atoms with E-state index >= 15 is 0 Å². The number of hydrogen-bond donors (Lipinski definition) is 2. The lowest BCUT2D eigenvalue weighted by Gasteiger charge is -2.29. The summed E-state index contributed by atoms with van der Waals surface area (Å²) in [6.07, 6.45) is 0.754. The minimum atomic E-state index is -0.217. The first-order chi connectivity index (χ1) is 14.1. The minimum Gasteiger partial charge on any atom is -0.482 e. The van der Waals surface area contributed by atoms with Crippen LogP contribution in [-0.2, 0) is 11.3 Å². The van der Waals surface area contributed by atoms with Gasteiger partial charge in [0, 0.05) is 19.6 Å². The van der Waals surface area contributed by atoms with Gasteiger partial charge in [-0.1, -0.05) is 24.3 Å². The number of aryl methyl sites for hydroxylation is 1. The van der Waals surface area contributed by atoms with Crippen molar-refractivity contribution in [1.29, 1.82) is 0 Å². The van der Waals surface area contributed by atoms with Crippen molar-refractivity contribution in [2.24, 2.45) is 4.99 Å². The van der Waals surface area contributed by atoms with Crippen molar-refractivity contribution in [3.63, 3.8) is 0 Å². The third-order valence-corrected chi connectivity index (χ3v) is 4.66. The SMILES string of the molecule is CCNC(=NCc1ccc(C)c(F)c1)NCCCN1C(=O)COc2ccccc21. The molecule has 6 nitrogen and oxygen atoms in total. The van der Waals surface area contributed by atoms with Gasteiger partial charge in [0.2, 0.25) is 0 Å². The van der Waals surface area contributed by atoms with E-state index in [0.717, 1.165) is 30.0 Å². The van der Waals surface area contributed by atoms with Gasteiger partial charge in [-0.25, -0.2) is 9.38 Å². The average Bonchev–Trinajstić information content (AvgIpc) is 2.73. The minimum absolute atomic E-state index is 0.0364. The predicted molar refractivity (Wildman–Crippen MR) is 113 cm³/mol. The van der Waals surface area contributed by atoms with Crippen LogP contribution < -0.4 is 20.3 Å². The second-order valence-electron chi connectivity index (χ2n) is 6.86. The van der Waals surface area contributed by atoms with Gasteiger partial charge >= 0.3 is 0 Å². The number of fused-ring (bicyclic) bond motifs is 1. The first-order valence-corrected chi connectivity index (χ1v) is 9.88. The van der Waals surface area contributed by atoms with E-state index in [1.54, 1.807) is 17.9 Å². The second-order valence-corrected chi connectivity index (χ2v) is 6.86.